The number of benzene rings is 1. The molecule has 1 aliphatic rings. The zero-order valence-electron chi connectivity index (χ0n) is 9.93. The molecule has 1 amide bonds. The standard InChI is InChI=1S/C12H16N2O3S/c13-8-10-2-4-11(5-3-10)18(16,17)12(14-9-15)6-1-7-12/h2-5,9H,1,6-8,13H2,(H,14,15). The van der Waals surface area contributed by atoms with Gasteiger partial charge in [0.25, 0.3) is 0 Å². The summed E-state index contributed by atoms with van der Waals surface area (Å²) in [5.41, 5.74) is 6.35. The summed E-state index contributed by atoms with van der Waals surface area (Å²) in [6.07, 6.45) is 2.20. The predicted molar refractivity (Wildman–Crippen MR) is 67.3 cm³/mol. The van der Waals surface area contributed by atoms with Gasteiger partial charge in [-0.05, 0) is 37.0 Å². The van der Waals surface area contributed by atoms with Crippen LogP contribution in [0.15, 0.2) is 29.2 Å². The van der Waals surface area contributed by atoms with Gasteiger partial charge in [0.2, 0.25) is 16.2 Å². The van der Waals surface area contributed by atoms with Crippen molar-refractivity contribution >= 4 is 16.2 Å². The van der Waals surface area contributed by atoms with Gasteiger partial charge in [-0.2, -0.15) is 0 Å². The summed E-state index contributed by atoms with van der Waals surface area (Å²) >= 11 is 0. The number of sulfone groups is 1. The van der Waals surface area contributed by atoms with E-state index in [4.69, 9.17) is 5.73 Å². The average molecular weight is 268 g/mol. The molecule has 0 saturated heterocycles. The van der Waals surface area contributed by atoms with Crippen LogP contribution in [0.25, 0.3) is 0 Å². The molecule has 0 atom stereocenters. The van der Waals surface area contributed by atoms with Crippen LogP contribution in [-0.2, 0) is 21.2 Å². The Morgan fingerprint density at radius 1 is 1.28 bits per heavy atom. The molecule has 0 radical (unpaired) electrons. The number of hydrogen-bond acceptors (Lipinski definition) is 4. The molecule has 0 unspecified atom stereocenters. The van der Waals surface area contributed by atoms with E-state index in [9.17, 15) is 13.2 Å². The number of nitrogens with two attached hydrogens (primary N) is 1. The van der Waals surface area contributed by atoms with Crippen molar-refractivity contribution in [3.8, 4) is 0 Å². The zero-order chi connectivity index (χ0) is 13.2. The monoisotopic (exact) mass is 268 g/mol. The Balaban J connectivity index is 2.37. The lowest BCUT2D eigenvalue weighted by Crippen LogP contribution is -2.56. The van der Waals surface area contributed by atoms with Gasteiger partial charge in [0.15, 0.2) is 0 Å². The summed E-state index contributed by atoms with van der Waals surface area (Å²) in [6.45, 7) is 0.373. The molecule has 2 rings (SSSR count). The molecule has 1 aliphatic carbocycles. The first-order chi connectivity index (χ1) is 8.55. The second kappa shape index (κ2) is 4.70. The summed E-state index contributed by atoms with van der Waals surface area (Å²) in [5, 5.41) is 2.47. The largest absolute Gasteiger partial charge is 0.339 e. The molecular weight excluding hydrogens is 252 g/mol. The highest BCUT2D eigenvalue weighted by molar-refractivity contribution is 7.92. The van der Waals surface area contributed by atoms with Crippen LogP contribution in [0.1, 0.15) is 24.8 Å². The molecule has 1 aromatic rings. The Labute approximate surface area is 106 Å². The van der Waals surface area contributed by atoms with E-state index in [0.29, 0.717) is 25.8 Å². The Kier molecular flexibility index (Phi) is 3.41. The summed E-state index contributed by atoms with van der Waals surface area (Å²) < 4.78 is 24.9. The van der Waals surface area contributed by atoms with Gasteiger partial charge in [-0.15, -0.1) is 0 Å². The third-order valence-corrected chi connectivity index (χ3v) is 5.91. The Bertz CT molecular complexity index is 533. The maximum atomic E-state index is 12.5. The van der Waals surface area contributed by atoms with Crippen LogP contribution in [0.5, 0.6) is 0 Å². The van der Waals surface area contributed by atoms with Gasteiger partial charge in [0.1, 0.15) is 4.87 Å². The third kappa shape index (κ3) is 1.91. The van der Waals surface area contributed by atoms with Gasteiger partial charge in [-0.1, -0.05) is 12.1 Å². The highest BCUT2D eigenvalue weighted by Crippen LogP contribution is 2.40. The smallest absolute Gasteiger partial charge is 0.208 e. The van der Waals surface area contributed by atoms with Crippen molar-refractivity contribution in [3.63, 3.8) is 0 Å². The number of hydrogen-bond donors (Lipinski definition) is 2. The van der Waals surface area contributed by atoms with Crippen molar-refractivity contribution in [2.24, 2.45) is 5.73 Å². The number of amides is 1. The molecule has 5 nitrogen and oxygen atoms in total. The molecule has 1 fully saturated rings. The lowest BCUT2D eigenvalue weighted by molar-refractivity contribution is -0.111. The normalized spacial score (nSPS) is 17.8. The highest BCUT2D eigenvalue weighted by atomic mass is 32.2. The van der Waals surface area contributed by atoms with Crippen molar-refractivity contribution in [2.75, 3.05) is 0 Å². The van der Waals surface area contributed by atoms with Gasteiger partial charge >= 0.3 is 0 Å². The molecule has 0 aromatic heterocycles. The molecular formula is C12H16N2O3S. The summed E-state index contributed by atoms with van der Waals surface area (Å²) in [4.78, 5) is 9.72. The van der Waals surface area contributed by atoms with Crippen LogP contribution in [-0.4, -0.2) is 19.7 Å². The summed E-state index contributed by atoms with van der Waals surface area (Å²) in [7, 11) is -3.53. The van der Waals surface area contributed by atoms with Crippen LogP contribution in [0.2, 0.25) is 0 Å². The van der Waals surface area contributed by atoms with Crippen molar-refractivity contribution in [1.29, 1.82) is 0 Å². The van der Waals surface area contributed by atoms with Gasteiger partial charge < -0.3 is 11.1 Å². The molecule has 1 aromatic carbocycles. The first kappa shape index (κ1) is 13.0. The van der Waals surface area contributed by atoms with E-state index >= 15 is 0 Å². The molecule has 98 valence electrons. The Hall–Kier alpha value is -1.40. The fourth-order valence-electron chi connectivity index (χ4n) is 2.13. The van der Waals surface area contributed by atoms with E-state index in [-0.39, 0.29) is 4.90 Å². The van der Waals surface area contributed by atoms with E-state index in [0.717, 1.165) is 12.0 Å². The minimum Gasteiger partial charge on any atom is -0.339 e. The third-order valence-electron chi connectivity index (χ3n) is 3.47. The van der Waals surface area contributed by atoms with Crippen molar-refractivity contribution in [2.45, 2.75) is 35.6 Å². The van der Waals surface area contributed by atoms with Crippen LogP contribution in [0, 0.1) is 0 Å². The quantitative estimate of drug-likeness (QED) is 0.763. The lowest BCUT2D eigenvalue weighted by atomic mass is 9.92. The van der Waals surface area contributed by atoms with Gasteiger partial charge in [-0.25, -0.2) is 8.42 Å². The van der Waals surface area contributed by atoms with Crippen LogP contribution in [0.4, 0.5) is 0 Å². The second-order valence-electron chi connectivity index (χ2n) is 4.46. The molecule has 6 heteroatoms. The first-order valence-electron chi connectivity index (χ1n) is 5.81. The molecule has 18 heavy (non-hydrogen) atoms. The van der Waals surface area contributed by atoms with E-state index < -0.39 is 14.7 Å². The number of nitrogens with one attached hydrogen (secondary N) is 1. The number of carbonyl (C=O) groups excluding carboxylic acids is 1. The minimum atomic E-state index is -3.53. The minimum absolute atomic E-state index is 0.230. The molecule has 0 heterocycles. The zero-order valence-corrected chi connectivity index (χ0v) is 10.7. The van der Waals surface area contributed by atoms with Crippen molar-refractivity contribution < 1.29 is 13.2 Å². The van der Waals surface area contributed by atoms with Gasteiger partial charge in [-0.3, -0.25) is 4.79 Å². The Morgan fingerprint density at radius 3 is 2.28 bits per heavy atom. The topological polar surface area (TPSA) is 89.3 Å². The summed E-state index contributed by atoms with van der Waals surface area (Å²) in [5.74, 6) is 0. The SMILES string of the molecule is NCc1ccc(S(=O)(=O)C2(NC=O)CCC2)cc1. The van der Waals surface area contributed by atoms with Crippen LogP contribution >= 0.6 is 0 Å². The van der Waals surface area contributed by atoms with Crippen LogP contribution in [0.3, 0.4) is 0 Å². The highest BCUT2D eigenvalue weighted by Gasteiger charge is 2.49. The summed E-state index contributed by atoms with van der Waals surface area (Å²) in [6, 6.07) is 6.48. The number of carbonyl (C=O) groups is 1. The average Bonchev–Trinajstić information content (AvgIpc) is 2.33. The maximum absolute atomic E-state index is 12.5. The van der Waals surface area contributed by atoms with Gasteiger partial charge in [0, 0.05) is 6.54 Å². The molecule has 0 bridgehead atoms. The molecule has 0 aliphatic heterocycles. The fourth-order valence-corrected chi connectivity index (χ4v) is 4.10. The van der Waals surface area contributed by atoms with E-state index in [1.807, 2.05) is 0 Å². The Morgan fingerprint density at radius 2 is 1.89 bits per heavy atom. The van der Waals surface area contributed by atoms with Gasteiger partial charge in [0.05, 0.1) is 4.90 Å². The maximum Gasteiger partial charge on any atom is 0.208 e. The molecule has 0 spiro atoms. The van der Waals surface area contributed by atoms with Crippen molar-refractivity contribution in [3.05, 3.63) is 29.8 Å². The first-order valence-corrected chi connectivity index (χ1v) is 7.29. The van der Waals surface area contributed by atoms with E-state index in [1.165, 1.54) is 0 Å². The van der Waals surface area contributed by atoms with E-state index in [2.05, 4.69) is 5.32 Å². The molecule has 3 N–H and O–H groups in total. The lowest BCUT2D eigenvalue weighted by Gasteiger charge is -2.40. The van der Waals surface area contributed by atoms with E-state index in [1.54, 1.807) is 24.3 Å². The molecule has 1 saturated carbocycles. The second-order valence-corrected chi connectivity index (χ2v) is 6.72. The fraction of sp³-hybridized carbons (Fsp3) is 0.417. The number of rotatable bonds is 5. The van der Waals surface area contributed by atoms with Crippen LogP contribution < -0.4 is 11.1 Å². The van der Waals surface area contributed by atoms with Crippen molar-refractivity contribution in [1.82, 2.24) is 5.32 Å². The predicted octanol–water partition coefficient (Wildman–Crippen LogP) is 0.545.